The topological polar surface area (TPSA) is 38.8 Å². The Morgan fingerprint density at radius 3 is 2.80 bits per heavy atom. The molecule has 0 aromatic heterocycles. The van der Waals surface area contributed by atoms with Crippen LogP contribution in [0.3, 0.4) is 0 Å². The molecule has 1 amide bonds. The molecule has 0 radical (unpaired) electrons. The number of hydrogen-bond acceptors (Lipinski definition) is 3. The Kier molecular flexibility index (Phi) is 3.46. The van der Waals surface area contributed by atoms with Gasteiger partial charge in [0.2, 0.25) is 0 Å². The van der Waals surface area contributed by atoms with Crippen LogP contribution in [0.5, 0.6) is 0 Å². The Labute approximate surface area is 90.5 Å². The van der Waals surface area contributed by atoms with Gasteiger partial charge in [0.05, 0.1) is 19.3 Å². The molecule has 1 aliphatic carbocycles. The smallest absolute Gasteiger partial charge is 0.410 e. The predicted octanol–water partition coefficient (Wildman–Crippen LogP) is 1.79. The van der Waals surface area contributed by atoms with Gasteiger partial charge in [-0.2, -0.15) is 0 Å². The van der Waals surface area contributed by atoms with E-state index >= 15 is 0 Å². The van der Waals surface area contributed by atoms with Crippen LogP contribution in [-0.4, -0.2) is 42.9 Å². The summed E-state index contributed by atoms with van der Waals surface area (Å²) in [5.74, 6) is 0. The highest BCUT2D eigenvalue weighted by Crippen LogP contribution is 2.22. The Bertz CT molecular complexity index is 226. The summed E-state index contributed by atoms with van der Waals surface area (Å²) in [7, 11) is 0. The van der Waals surface area contributed by atoms with Crippen molar-refractivity contribution in [3.05, 3.63) is 0 Å². The van der Waals surface area contributed by atoms with E-state index in [9.17, 15) is 4.79 Å². The first kappa shape index (κ1) is 10.7. The lowest BCUT2D eigenvalue weighted by Crippen LogP contribution is -2.48. The summed E-state index contributed by atoms with van der Waals surface area (Å²) in [6.07, 6.45) is 4.45. The van der Waals surface area contributed by atoms with E-state index in [1.807, 2.05) is 6.92 Å². The highest BCUT2D eigenvalue weighted by Gasteiger charge is 2.28. The van der Waals surface area contributed by atoms with Gasteiger partial charge in [-0.15, -0.1) is 0 Å². The summed E-state index contributed by atoms with van der Waals surface area (Å²) in [6.45, 7) is 3.91. The number of nitrogens with zero attached hydrogens (tertiary/aromatic N) is 1. The molecule has 1 saturated carbocycles. The van der Waals surface area contributed by atoms with Crippen molar-refractivity contribution in [3.8, 4) is 0 Å². The summed E-state index contributed by atoms with van der Waals surface area (Å²) in [5.41, 5.74) is 0. The van der Waals surface area contributed by atoms with Gasteiger partial charge in [0.25, 0.3) is 0 Å². The number of rotatable bonds is 1. The van der Waals surface area contributed by atoms with E-state index < -0.39 is 0 Å². The van der Waals surface area contributed by atoms with E-state index in [-0.39, 0.29) is 18.2 Å². The molecule has 4 heteroatoms. The standard InChI is InChI=1S/C11H19NO3/c1-9-8-14-7-6-12(9)11(13)15-10-4-2-3-5-10/h9-10H,2-8H2,1H3. The second-order valence-corrected chi connectivity index (χ2v) is 4.41. The lowest BCUT2D eigenvalue weighted by molar-refractivity contribution is -0.0129. The van der Waals surface area contributed by atoms with Crippen LogP contribution in [0, 0.1) is 0 Å². The molecular formula is C11H19NO3. The Morgan fingerprint density at radius 2 is 2.13 bits per heavy atom. The van der Waals surface area contributed by atoms with Gasteiger partial charge >= 0.3 is 6.09 Å². The fourth-order valence-corrected chi connectivity index (χ4v) is 2.21. The minimum atomic E-state index is -0.155. The quantitative estimate of drug-likeness (QED) is 0.666. The van der Waals surface area contributed by atoms with Crippen LogP contribution < -0.4 is 0 Å². The van der Waals surface area contributed by atoms with Crippen LogP contribution in [0.2, 0.25) is 0 Å². The zero-order chi connectivity index (χ0) is 10.7. The van der Waals surface area contributed by atoms with Gasteiger partial charge in [-0.3, -0.25) is 0 Å². The fourth-order valence-electron chi connectivity index (χ4n) is 2.21. The third-order valence-electron chi connectivity index (χ3n) is 3.17. The van der Waals surface area contributed by atoms with Gasteiger partial charge in [0.15, 0.2) is 0 Å². The van der Waals surface area contributed by atoms with Crippen molar-refractivity contribution in [2.24, 2.45) is 0 Å². The molecule has 2 fully saturated rings. The van der Waals surface area contributed by atoms with Crippen LogP contribution >= 0.6 is 0 Å². The van der Waals surface area contributed by atoms with E-state index in [0.29, 0.717) is 19.8 Å². The van der Waals surface area contributed by atoms with Crippen molar-refractivity contribution in [1.82, 2.24) is 4.90 Å². The number of morpholine rings is 1. The molecule has 0 aromatic carbocycles. The molecule has 1 atom stereocenters. The fraction of sp³-hybridized carbons (Fsp3) is 0.909. The molecule has 2 aliphatic rings. The number of carbonyl (C=O) groups is 1. The summed E-state index contributed by atoms with van der Waals surface area (Å²) < 4.78 is 10.7. The molecular weight excluding hydrogens is 194 g/mol. The van der Waals surface area contributed by atoms with Gasteiger partial charge in [-0.1, -0.05) is 0 Å². The van der Waals surface area contributed by atoms with Crippen molar-refractivity contribution in [2.45, 2.75) is 44.8 Å². The van der Waals surface area contributed by atoms with E-state index in [4.69, 9.17) is 9.47 Å². The second-order valence-electron chi connectivity index (χ2n) is 4.41. The second kappa shape index (κ2) is 4.84. The van der Waals surface area contributed by atoms with Crippen molar-refractivity contribution in [2.75, 3.05) is 19.8 Å². The zero-order valence-corrected chi connectivity index (χ0v) is 9.28. The molecule has 1 saturated heterocycles. The van der Waals surface area contributed by atoms with Gasteiger partial charge in [-0.25, -0.2) is 4.79 Å². The third kappa shape index (κ3) is 2.62. The Morgan fingerprint density at radius 1 is 1.40 bits per heavy atom. The third-order valence-corrected chi connectivity index (χ3v) is 3.17. The average molecular weight is 213 g/mol. The van der Waals surface area contributed by atoms with Gasteiger partial charge in [0, 0.05) is 6.54 Å². The first-order valence-corrected chi connectivity index (χ1v) is 5.82. The van der Waals surface area contributed by atoms with Gasteiger partial charge in [-0.05, 0) is 32.6 Å². The molecule has 0 spiro atoms. The highest BCUT2D eigenvalue weighted by atomic mass is 16.6. The highest BCUT2D eigenvalue weighted by molar-refractivity contribution is 5.68. The molecule has 0 bridgehead atoms. The summed E-state index contributed by atoms with van der Waals surface area (Å²) >= 11 is 0. The van der Waals surface area contributed by atoms with Crippen molar-refractivity contribution in [1.29, 1.82) is 0 Å². The normalized spacial score (nSPS) is 28.1. The van der Waals surface area contributed by atoms with Gasteiger partial charge in [0.1, 0.15) is 6.10 Å². The van der Waals surface area contributed by atoms with Crippen molar-refractivity contribution in [3.63, 3.8) is 0 Å². The van der Waals surface area contributed by atoms with Crippen molar-refractivity contribution >= 4 is 6.09 Å². The van der Waals surface area contributed by atoms with Crippen molar-refractivity contribution < 1.29 is 14.3 Å². The summed E-state index contributed by atoms with van der Waals surface area (Å²) in [4.78, 5) is 13.6. The van der Waals surface area contributed by atoms with Crippen LogP contribution in [-0.2, 0) is 9.47 Å². The lowest BCUT2D eigenvalue weighted by Gasteiger charge is -2.33. The minimum absolute atomic E-state index is 0.146. The average Bonchev–Trinajstić information content (AvgIpc) is 2.71. The molecule has 0 aromatic rings. The molecule has 0 N–H and O–H groups in total. The maximum absolute atomic E-state index is 11.8. The molecule has 4 nitrogen and oxygen atoms in total. The maximum Gasteiger partial charge on any atom is 0.410 e. The zero-order valence-electron chi connectivity index (χ0n) is 9.28. The number of ether oxygens (including phenoxy) is 2. The first-order chi connectivity index (χ1) is 7.27. The molecule has 1 aliphatic heterocycles. The molecule has 15 heavy (non-hydrogen) atoms. The summed E-state index contributed by atoms with van der Waals surface area (Å²) in [6, 6.07) is 0.146. The Hall–Kier alpha value is -0.770. The lowest BCUT2D eigenvalue weighted by atomic mass is 10.3. The Balaban J connectivity index is 1.83. The number of hydrogen-bond donors (Lipinski definition) is 0. The van der Waals surface area contributed by atoms with E-state index in [2.05, 4.69) is 0 Å². The maximum atomic E-state index is 11.8. The molecule has 1 heterocycles. The largest absolute Gasteiger partial charge is 0.446 e. The van der Waals surface area contributed by atoms with Crippen LogP contribution in [0.1, 0.15) is 32.6 Å². The first-order valence-electron chi connectivity index (χ1n) is 5.82. The van der Waals surface area contributed by atoms with Gasteiger partial charge < -0.3 is 14.4 Å². The summed E-state index contributed by atoms with van der Waals surface area (Å²) in [5, 5.41) is 0. The predicted molar refractivity (Wildman–Crippen MR) is 55.7 cm³/mol. The van der Waals surface area contributed by atoms with Crippen LogP contribution in [0.25, 0.3) is 0 Å². The number of amides is 1. The van der Waals surface area contributed by atoms with E-state index in [1.165, 1.54) is 12.8 Å². The molecule has 2 rings (SSSR count). The van der Waals surface area contributed by atoms with Crippen LogP contribution in [0.15, 0.2) is 0 Å². The van der Waals surface area contributed by atoms with Crippen LogP contribution in [0.4, 0.5) is 4.79 Å². The van der Waals surface area contributed by atoms with E-state index in [1.54, 1.807) is 4.90 Å². The SMILES string of the molecule is CC1COCCN1C(=O)OC1CCCC1. The molecule has 1 unspecified atom stereocenters. The molecule has 86 valence electrons. The number of carbonyl (C=O) groups excluding carboxylic acids is 1. The van der Waals surface area contributed by atoms with E-state index in [0.717, 1.165) is 12.8 Å². The minimum Gasteiger partial charge on any atom is -0.446 e. The monoisotopic (exact) mass is 213 g/mol.